The largest absolute Gasteiger partial charge is 0.334 e. The number of hydrogen-bond acceptors (Lipinski definition) is 4. The third-order valence-corrected chi connectivity index (χ3v) is 5.69. The number of carbonyl (C=O) groups excluding carboxylic acids is 1. The van der Waals surface area contributed by atoms with Gasteiger partial charge in [0.1, 0.15) is 10.8 Å². The first-order valence-electron chi connectivity index (χ1n) is 8.91. The third-order valence-electron chi connectivity index (χ3n) is 4.76. The molecule has 2 amide bonds. The van der Waals surface area contributed by atoms with Crippen LogP contribution >= 0.6 is 11.9 Å². The van der Waals surface area contributed by atoms with Gasteiger partial charge in [-0.25, -0.2) is 18.5 Å². The first-order valence-corrected chi connectivity index (χ1v) is 9.68. The third kappa shape index (κ3) is 4.14. The van der Waals surface area contributed by atoms with Gasteiger partial charge in [0.05, 0.1) is 0 Å². The Hall–Kier alpha value is -2.38. The maximum absolute atomic E-state index is 13.7. The summed E-state index contributed by atoms with van der Waals surface area (Å²) in [4.78, 5) is 18.7. The van der Waals surface area contributed by atoms with E-state index in [1.54, 1.807) is 35.0 Å². The molecule has 7 heteroatoms. The summed E-state index contributed by atoms with van der Waals surface area (Å²) in [6.07, 6.45) is 0. The maximum Gasteiger partial charge on any atom is 0.318 e. The molecule has 0 atom stereocenters. The van der Waals surface area contributed by atoms with Gasteiger partial charge < -0.3 is 10.2 Å². The van der Waals surface area contributed by atoms with Crippen LogP contribution in [0.3, 0.4) is 0 Å². The van der Waals surface area contributed by atoms with Crippen molar-refractivity contribution in [2.45, 2.75) is 18.5 Å². The van der Waals surface area contributed by atoms with Crippen LogP contribution in [0.2, 0.25) is 0 Å². The predicted molar refractivity (Wildman–Crippen MR) is 104 cm³/mol. The van der Waals surface area contributed by atoms with E-state index in [2.05, 4.69) is 14.6 Å². The van der Waals surface area contributed by atoms with Crippen molar-refractivity contribution < 1.29 is 9.18 Å². The number of aryl methyl sites for hydroxylation is 1. The minimum absolute atomic E-state index is 0.146. The lowest BCUT2D eigenvalue weighted by molar-refractivity contribution is 0.208. The maximum atomic E-state index is 13.7. The number of pyridine rings is 1. The molecule has 1 aromatic heterocycles. The molecular formula is C20H21FN4OS. The van der Waals surface area contributed by atoms with Gasteiger partial charge in [-0.1, -0.05) is 24.3 Å². The molecule has 27 heavy (non-hydrogen) atoms. The summed E-state index contributed by atoms with van der Waals surface area (Å²) in [5.74, 6) is -0.294. The van der Waals surface area contributed by atoms with Crippen LogP contribution in [0.25, 0.3) is 0 Å². The van der Waals surface area contributed by atoms with Crippen LogP contribution < -0.4 is 5.32 Å². The van der Waals surface area contributed by atoms with Gasteiger partial charge in [0.2, 0.25) is 0 Å². The van der Waals surface area contributed by atoms with Gasteiger partial charge in [-0.05, 0) is 48.2 Å². The summed E-state index contributed by atoms with van der Waals surface area (Å²) in [5.41, 5.74) is 4.11. The molecule has 3 heterocycles. The number of rotatable bonds is 4. The smallest absolute Gasteiger partial charge is 0.318 e. The molecule has 140 valence electrons. The molecule has 0 radical (unpaired) electrons. The second-order valence-corrected chi connectivity index (χ2v) is 7.94. The summed E-state index contributed by atoms with van der Waals surface area (Å²) >= 11 is 1.66. The number of amides is 2. The molecule has 2 aliphatic rings. The van der Waals surface area contributed by atoms with Crippen molar-refractivity contribution >= 4 is 18.0 Å². The average molecular weight is 384 g/mol. The quantitative estimate of drug-likeness (QED) is 0.649. The van der Waals surface area contributed by atoms with Crippen molar-refractivity contribution in [3.05, 3.63) is 70.7 Å². The van der Waals surface area contributed by atoms with E-state index < -0.39 is 0 Å². The van der Waals surface area contributed by atoms with Crippen molar-refractivity contribution in [3.8, 4) is 0 Å². The molecule has 2 aliphatic heterocycles. The topological polar surface area (TPSA) is 48.5 Å². The Morgan fingerprint density at radius 1 is 1.11 bits per heavy atom. The number of nitrogens with zero attached hydrogens (tertiary/aromatic N) is 3. The standard InChI is InChI=1S/C20H21FN4OS/c1-14-5-4-8-19(23-14)27-25-12-16-10-24(11-17(16)13-25)20(26)22-9-15-6-2-3-7-18(15)21/h2-8H,9-13H2,1H3,(H,22,26). The Labute approximate surface area is 162 Å². The van der Waals surface area contributed by atoms with Gasteiger partial charge >= 0.3 is 6.03 Å². The van der Waals surface area contributed by atoms with Gasteiger partial charge in [-0.3, -0.25) is 0 Å². The fourth-order valence-electron chi connectivity index (χ4n) is 3.38. The SMILES string of the molecule is Cc1cccc(SN2CC3=C(C2)CN(C(=O)NCc2ccccc2F)C3)n1. The summed E-state index contributed by atoms with van der Waals surface area (Å²) in [6.45, 7) is 5.14. The number of halogens is 1. The Kier molecular flexibility index (Phi) is 5.13. The molecular weight excluding hydrogens is 363 g/mol. The van der Waals surface area contributed by atoms with E-state index in [1.165, 1.54) is 17.2 Å². The van der Waals surface area contributed by atoms with Gasteiger partial charge in [-0.15, -0.1) is 0 Å². The van der Waals surface area contributed by atoms with Crippen LogP contribution in [0.1, 0.15) is 11.3 Å². The summed E-state index contributed by atoms with van der Waals surface area (Å²) < 4.78 is 15.9. The second kappa shape index (κ2) is 7.70. The monoisotopic (exact) mass is 384 g/mol. The Morgan fingerprint density at radius 2 is 1.85 bits per heavy atom. The van der Waals surface area contributed by atoms with Crippen molar-refractivity contribution in [2.75, 3.05) is 26.2 Å². The highest BCUT2D eigenvalue weighted by Crippen LogP contribution is 2.32. The van der Waals surface area contributed by atoms with Crippen molar-refractivity contribution in [1.82, 2.24) is 19.5 Å². The molecule has 5 nitrogen and oxygen atoms in total. The number of nitrogens with one attached hydrogen (secondary N) is 1. The molecule has 0 saturated carbocycles. The first-order chi connectivity index (χ1) is 13.1. The molecule has 0 saturated heterocycles. The molecule has 1 aromatic carbocycles. The molecule has 2 aromatic rings. The normalized spacial score (nSPS) is 16.7. The highest BCUT2D eigenvalue weighted by molar-refractivity contribution is 7.97. The number of aromatic nitrogens is 1. The van der Waals surface area contributed by atoms with E-state index in [-0.39, 0.29) is 18.4 Å². The zero-order chi connectivity index (χ0) is 18.8. The van der Waals surface area contributed by atoms with Crippen molar-refractivity contribution in [1.29, 1.82) is 0 Å². The lowest BCUT2D eigenvalue weighted by Crippen LogP contribution is -2.40. The molecule has 0 spiro atoms. The van der Waals surface area contributed by atoms with E-state index in [1.807, 2.05) is 25.1 Å². The Morgan fingerprint density at radius 3 is 2.56 bits per heavy atom. The molecule has 0 aliphatic carbocycles. The van der Waals surface area contributed by atoms with Crippen LogP contribution in [0, 0.1) is 12.7 Å². The zero-order valence-corrected chi connectivity index (χ0v) is 15.9. The van der Waals surface area contributed by atoms with E-state index in [4.69, 9.17) is 0 Å². The highest BCUT2D eigenvalue weighted by Gasteiger charge is 2.32. The Bertz CT molecular complexity index is 883. The van der Waals surface area contributed by atoms with E-state index in [0.717, 1.165) is 23.8 Å². The second-order valence-electron chi connectivity index (χ2n) is 6.82. The number of carbonyl (C=O) groups is 1. The lowest BCUT2D eigenvalue weighted by Gasteiger charge is -2.22. The summed E-state index contributed by atoms with van der Waals surface area (Å²) in [6, 6.07) is 12.4. The molecule has 0 unspecified atom stereocenters. The van der Waals surface area contributed by atoms with Crippen LogP contribution in [0.15, 0.2) is 58.6 Å². The fourth-order valence-corrected chi connectivity index (χ4v) is 4.41. The number of urea groups is 1. The van der Waals surface area contributed by atoms with Gasteiger partial charge in [0.15, 0.2) is 0 Å². The van der Waals surface area contributed by atoms with Crippen LogP contribution in [0.5, 0.6) is 0 Å². The highest BCUT2D eigenvalue weighted by atomic mass is 32.2. The molecule has 4 rings (SSSR count). The van der Waals surface area contributed by atoms with Crippen molar-refractivity contribution in [3.63, 3.8) is 0 Å². The average Bonchev–Trinajstić information content (AvgIpc) is 3.19. The van der Waals surface area contributed by atoms with Gasteiger partial charge in [0.25, 0.3) is 0 Å². The number of benzene rings is 1. The number of hydrogen-bond donors (Lipinski definition) is 1. The van der Waals surface area contributed by atoms with Crippen LogP contribution in [-0.2, 0) is 6.54 Å². The first kappa shape index (κ1) is 18.0. The zero-order valence-electron chi connectivity index (χ0n) is 15.1. The van der Waals surface area contributed by atoms with Gasteiger partial charge in [-0.2, -0.15) is 0 Å². The lowest BCUT2D eigenvalue weighted by atomic mass is 10.2. The summed E-state index contributed by atoms with van der Waals surface area (Å²) in [7, 11) is 0. The molecule has 0 bridgehead atoms. The molecule has 1 N–H and O–H groups in total. The van der Waals surface area contributed by atoms with Gasteiger partial charge in [0, 0.05) is 44.0 Å². The predicted octanol–water partition coefficient (Wildman–Crippen LogP) is 3.37. The molecule has 0 fully saturated rings. The fraction of sp³-hybridized carbons (Fsp3) is 0.300. The van der Waals surface area contributed by atoms with Crippen LogP contribution in [-0.4, -0.2) is 46.4 Å². The van der Waals surface area contributed by atoms with Crippen molar-refractivity contribution in [2.24, 2.45) is 0 Å². The minimum Gasteiger partial charge on any atom is -0.334 e. The van der Waals surface area contributed by atoms with Crippen LogP contribution in [0.4, 0.5) is 9.18 Å². The summed E-state index contributed by atoms with van der Waals surface area (Å²) in [5, 5.41) is 3.82. The van der Waals surface area contributed by atoms with E-state index >= 15 is 0 Å². The minimum atomic E-state index is -0.294. The van der Waals surface area contributed by atoms with E-state index in [0.29, 0.717) is 18.7 Å². The Balaban J connectivity index is 1.27. The van der Waals surface area contributed by atoms with E-state index in [9.17, 15) is 9.18 Å².